The molecule has 2 unspecified atom stereocenters. The van der Waals surface area contributed by atoms with E-state index < -0.39 is 0 Å². The van der Waals surface area contributed by atoms with E-state index in [2.05, 4.69) is 5.32 Å². The van der Waals surface area contributed by atoms with E-state index in [9.17, 15) is 9.18 Å². The molecule has 1 aromatic rings. The van der Waals surface area contributed by atoms with Crippen LogP contribution < -0.4 is 11.1 Å². The van der Waals surface area contributed by atoms with E-state index in [-0.39, 0.29) is 23.7 Å². The number of benzene rings is 1. The van der Waals surface area contributed by atoms with Crippen LogP contribution in [0.5, 0.6) is 0 Å². The Morgan fingerprint density at radius 1 is 1.47 bits per heavy atom. The van der Waals surface area contributed by atoms with Crippen LogP contribution in [0.1, 0.15) is 31.0 Å². The van der Waals surface area contributed by atoms with E-state index in [0.29, 0.717) is 12.1 Å². The quantitative estimate of drug-likeness (QED) is 0.841. The lowest BCUT2D eigenvalue weighted by molar-refractivity contribution is -0.124. The number of carbonyl (C=O) groups is 1. The van der Waals surface area contributed by atoms with Crippen molar-refractivity contribution in [3.05, 3.63) is 35.1 Å². The molecule has 0 aliphatic rings. The number of halogens is 1. The molecule has 1 aromatic carbocycles. The molecule has 0 aromatic heterocycles. The molecule has 0 fully saturated rings. The van der Waals surface area contributed by atoms with Gasteiger partial charge in [-0.2, -0.15) is 0 Å². The Hall–Kier alpha value is -1.42. The van der Waals surface area contributed by atoms with Gasteiger partial charge in [0.25, 0.3) is 0 Å². The molecule has 0 radical (unpaired) electrons. The second-order valence-corrected chi connectivity index (χ2v) is 4.38. The third kappa shape index (κ3) is 3.53. The SMILES string of the molecule is Cc1ccc(C(C)NC(=O)C(C)CN)cc1F. The van der Waals surface area contributed by atoms with Gasteiger partial charge in [0, 0.05) is 12.5 Å². The molecule has 0 heterocycles. The van der Waals surface area contributed by atoms with Crippen molar-refractivity contribution in [2.45, 2.75) is 26.8 Å². The number of aryl methyl sites for hydroxylation is 1. The number of rotatable bonds is 4. The van der Waals surface area contributed by atoms with Crippen LogP contribution in [-0.2, 0) is 4.79 Å². The van der Waals surface area contributed by atoms with Crippen molar-refractivity contribution in [1.29, 1.82) is 0 Å². The first-order valence-corrected chi connectivity index (χ1v) is 5.72. The highest BCUT2D eigenvalue weighted by Crippen LogP contribution is 2.16. The Bertz CT molecular complexity index is 406. The van der Waals surface area contributed by atoms with Crippen molar-refractivity contribution < 1.29 is 9.18 Å². The number of carbonyl (C=O) groups excluding carboxylic acids is 1. The van der Waals surface area contributed by atoms with Crippen LogP contribution in [0.4, 0.5) is 4.39 Å². The minimum Gasteiger partial charge on any atom is -0.349 e. The Morgan fingerprint density at radius 3 is 2.65 bits per heavy atom. The highest BCUT2D eigenvalue weighted by molar-refractivity contribution is 5.78. The summed E-state index contributed by atoms with van der Waals surface area (Å²) in [5.74, 6) is -0.593. The van der Waals surface area contributed by atoms with Gasteiger partial charge in [0.05, 0.1) is 6.04 Å². The predicted molar refractivity (Wildman–Crippen MR) is 65.9 cm³/mol. The summed E-state index contributed by atoms with van der Waals surface area (Å²) in [6.45, 7) is 5.60. The van der Waals surface area contributed by atoms with E-state index in [0.717, 1.165) is 5.56 Å². The molecule has 17 heavy (non-hydrogen) atoms. The fourth-order valence-electron chi connectivity index (χ4n) is 1.42. The third-order valence-corrected chi connectivity index (χ3v) is 2.86. The summed E-state index contributed by atoms with van der Waals surface area (Å²) in [5, 5.41) is 2.81. The standard InChI is InChI=1S/C13H19FN2O/c1-8-4-5-11(6-12(8)14)10(3)16-13(17)9(2)7-15/h4-6,9-10H,7,15H2,1-3H3,(H,16,17). The van der Waals surface area contributed by atoms with Gasteiger partial charge in [0.1, 0.15) is 5.82 Å². The fourth-order valence-corrected chi connectivity index (χ4v) is 1.42. The molecule has 2 atom stereocenters. The number of nitrogens with one attached hydrogen (secondary N) is 1. The van der Waals surface area contributed by atoms with Crippen LogP contribution in [0.15, 0.2) is 18.2 Å². The highest BCUT2D eigenvalue weighted by Gasteiger charge is 2.15. The van der Waals surface area contributed by atoms with Crippen LogP contribution in [0, 0.1) is 18.7 Å². The van der Waals surface area contributed by atoms with Crippen molar-refractivity contribution in [2.75, 3.05) is 6.54 Å². The van der Waals surface area contributed by atoms with Crippen LogP contribution in [0.3, 0.4) is 0 Å². The minimum atomic E-state index is -0.254. The van der Waals surface area contributed by atoms with E-state index >= 15 is 0 Å². The summed E-state index contributed by atoms with van der Waals surface area (Å²) in [7, 11) is 0. The summed E-state index contributed by atoms with van der Waals surface area (Å²) in [6.07, 6.45) is 0. The summed E-state index contributed by atoms with van der Waals surface area (Å²) < 4.78 is 13.4. The maximum atomic E-state index is 13.4. The summed E-state index contributed by atoms with van der Waals surface area (Å²) in [4.78, 5) is 11.6. The largest absolute Gasteiger partial charge is 0.349 e. The van der Waals surface area contributed by atoms with Crippen molar-refractivity contribution in [2.24, 2.45) is 11.7 Å². The molecule has 94 valence electrons. The topological polar surface area (TPSA) is 55.1 Å². The predicted octanol–water partition coefficient (Wildman–Crippen LogP) is 1.91. The number of hydrogen-bond acceptors (Lipinski definition) is 2. The maximum absolute atomic E-state index is 13.4. The van der Waals surface area contributed by atoms with E-state index in [1.165, 1.54) is 6.07 Å². The molecular weight excluding hydrogens is 219 g/mol. The summed E-state index contributed by atoms with van der Waals surface area (Å²) >= 11 is 0. The van der Waals surface area contributed by atoms with E-state index in [4.69, 9.17) is 5.73 Å². The molecule has 1 amide bonds. The Morgan fingerprint density at radius 2 is 2.12 bits per heavy atom. The molecule has 0 saturated carbocycles. The highest BCUT2D eigenvalue weighted by atomic mass is 19.1. The van der Waals surface area contributed by atoms with Gasteiger partial charge >= 0.3 is 0 Å². The second-order valence-electron chi connectivity index (χ2n) is 4.38. The fraction of sp³-hybridized carbons (Fsp3) is 0.462. The van der Waals surface area contributed by atoms with Gasteiger partial charge < -0.3 is 11.1 Å². The Labute approximate surface area is 101 Å². The van der Waals surface area contributed by atoms with Crippen LogP contribution in [-0.4, -0.2) is 12.5 Å². The number of hydrogen-bond donors (Lipinski definition) is 2. The van der Waals surface area contributed by atoms with Gasteiger partial charge in [-0.25, -0.2) is 4.39 Å². The average Bonchev–Trinajstić information content (AvgIpc) is 2.31. The van der Waals surface area contributed by atoms with Gasteiger partial charge in [-0.3, -0.25) is 4.79 Å². The lowest BCUT2D eigenvalue weighted by Gasteiger charge is -2.17. The van der Waals surface area contributed by atoms with Crippen molar-refractivity contribution in [1.82, 2.24) is 5.32 Å². The normalized spacial score (nSPS) is 14.2. The summed E-state index contributed by atoms with van der Waals surface area (Å²) in [6, 6.07) is 4.76. The van der Waals surface area contributed by atoms with Crippen molar-refractivity contribution >= 4 is 5.91 Å². The second kappa shape index (κ2) is 5.77. The molecular formula is C13H19FN2O. The van der Waals surface area contributed by atoms with Crippen LogP contribution >= 0.6 is 0 Å². The van der Waals surface area contributed by atoms with Gasteiger partial charge in [0.2, 0.25) is 5.91 Å². The molecule has 1 rings (SSSR count). The first kappa shape index (κ1) is 13.6. The molecule has 0 saturated heterocycles. The lowest BCUT2D eigenvalue weighted by Crippen LogP contribution is -2.34. The van der Waals surface area contributed by atoms with E-state index in [1.807, 2.05) is 13.0 Å². The Balaban J connectivity index is 2.73. The Kier molecular flexibility index (Phi) is 4.63. The molecule has 3 N–H and O–H groups in total. The first-order valence-electron chi connectivity index (χ1n) is 5.72. The molecule has 0 aliphatic heterocycles. The van der Waals surface area contributed by atoms with Gasteiger partial charge in [0.15, 0.2) is 0 Å². The molecule has 0 spiro atoms. The average molecular weight is 238 g/mol. The smallest absolute Gasteiger partial charge is 0.224 e. The minimum absolute atomic E-state index is 0.110. The zero-order chi connectivity index (χ0) is 13.0. The van der Waals surface area contributed by atoms with Gasteiger partial charge in [-0.15, -0.1) is 0 Å². The molecule has 4 heteroatoms. The van der Waals surface area contributed by atoms with Gasteiger partial charge in [-0.05, 0) is 31.0 Å². The zero-order valence-corrected chi connectivity index (χ0v) is 10.5. The third-order valence-electron chi connectivity index (χ3n) is 2.86. The monoisotopic (exact) mass is 238 g/mol. The number of nitrogens with two attached hydrogens (primary N) is 1. The van der Waals surface area contributed by atoms with E-state index in [1.54, 1.807) is 19.9 Å². The number of amides is 1. The molecule has 3 nitrogen and oxygen atoms in total. The van der Waals surface area contributed by atoms with Gasteiger partial charge in [-0.1, -0.05) is 19.1 Å². The van der Waals surface area contributed by atoms with Crippen LogP contribution in [0.2, 0.25) is 0 Å². The lowest BCUT2D eigenvalue weighted by atomic mass is 10.0. The maximum Gasteiger partial charge on any atom is 0.224 e. The first-order chi connectivity index (χ1) is 7.95. The molecule has 0 aliphatic carbocycles. The summed E-state index contributed by atoms with van der Waals surface area (Å²) in [5.41, 5.74) is 6.77. The van der Waals surface area contributed by atoms with Crippen molar-refractivity contribution in [3.63, 3.8) is 0 Å². The van der Waals surface area contributed by atoms with Crippen LogP contribution in [0.25, 0.3) is 0 Å². The molecule has 0 bridgehead atoms. The van der Waals surface area contributed by atoms with Crippen molar-refractivity contribution in [3.8, 4) is 0 Å². The zero-order valence-electron chi connectivity index (χ0n) is 10.5.